The van der Waals surface area contributed by atoms with Crippen LogP contribution in [-0.2, 0) is 6.18 Å². The summed E-state index contributed by atoms with van der Waals surface area (Å²) in [4.78, 5) is 0. The number of hydrogen-bond donors (Lipinski definition) is 1. The minimum absolute atomic E-state index is 0.208. The molecule has 0 amide bonds. The van der Waals surface area contributed by atoms with Gasteiger partial charge in [0.25, 0.3) is 0 Å². The van der Waals surface area contributed by atoms with Crippen molar-refractivity contribution in [2.45, 2.75) is 6.18 Å². The van der Waals surface area contributed by atoms with Crippen LogP contribution < -0.4 is 15.2 Å². The summed E-state index contributed by atoms with van der Waals surface area (Å²) in [7, 11) is 0. The fourth-order valence-corrected chi connectivity index (χ4v) is 1.66. The number of nitrogens with two attached hydrogens (primary N) is 1. The molecule has 0 unspecified atom stereocenters. The first-order chi connectivity index (χ1) is 9.97. The van der Waals surface area contributed by atoms with Crippen molar-refractivity contribution in [2.24, 2.45) is 0 Å². The van der Waals surface area contributed by atoms with Crippen LogP contribution >= 0.6 is 0 Å². The highest BCUT2D eigenvalue weighted by Gasteiger charge is 2.29. The second-order valence-corrected chi connectivity index (χ2v) is 4.26. The van der Waals surface area contributed by atoms with Crippen molar-refractivity contribution in [3.8, 4) is 11.5 Å². The Kier molecular flexibility index (Phi) is 4.57. The molecule has 3 nitrogen and oxygen atoms in total. The van der Waals surface area contributed by atoms with E-state index in [4.69, 9.17) is 15.2 Å². The highest BCUT2D eigenvalue weighted by atomic mass is 19.4. The monoisotopic (exact) mass is 297 g/mol. The SMILES string of the molecule is Nc1ccccc1OCCOc1ccc(C(F)(F)F)cc1. The molecular weight excluding hydrogens is 283 g/mol. The molecule has 112 valence electrons. The third-order valence-electron chi connectivity index (χ3n) is 2.71. The Hall–Kier alpha value is -2.37. The number of ether oxygens (including phenoxy) is 2. The van der Waals surface area contributed by atoms with E-state index in [1.165, 1.54) is 12.1 Å². The third kappa shape index (κ3) is 4.30. The Morgan fingerprint density at radius 2 is 1.48 bits per heavy atom. The van der Waals surface area contributed by atoms with Gasteiger partial charge in [-0.15, -0.1) is 0 Å². The molecule has 21 heavy (non-hydrogen) atoms. The molecule has 2 N–H and O–H groups in total. The smallest absolute Gasteiger partial charge is 0.416 e. The van der Waals surface area contributed by atoms with Gasteiger partial charge in [0.15, 0.2) is 0 Å². The second kappa shape index (κ2) is 6.39. The summed E-state index contributed by atoms with van der Waals surface area (Å²) in [5, 5.41) is 0. The summed E-state index contributed by atoms with van der Waals surface area (Å²) in [5.74, 6) is 0.904. The van der Waals surface area contributed by atoms with E-state index in [0.29, 0.717) is 17.2 Å². The number of hydrogen-bond acceptors (Lipinski definition) is 3. The van der Waals surface area contributed by atoms with E-state index in [9.17, 15) is 13.2 Å². The first-order valence-electron chi connectivity index (χ1n) is 6.24. The van der Waals surface area contributed by atoms with Crippen LogP contribution in [0.2, 0.25) is 0 Å². The molecule has 0 spiro atoms. The van der Waals surface area contributed by atoms with Crippen LogP contribution in [0.15, 0.2) is 48.5 Å². The van der Waals surface area contributed by atoms with E-state index >= 15 is 0 Å². The molecule has 2 rings (SSSR count). The van der Waals surface area contributed by atoms with E-state index in [-0.39, 0.29) is 13.2 Å². The summed E-state index contributed by atoms with van der Waals surface area (Å²) in [6.45, 7) is 0.453. The molecule has 0 aromatic heterocycles. The van der Waals surface area contributed by atoms with Crippen molar-refractivity contribution >= 4 is 5.69 Å². The van der Waals surface area contributed by atoms with Crippen molar-refractivity contribution in [3.05, 3.63) is 54.1 Å². The van der Waals surface area contributed by atoms with Crippen molar-refractivity contribution < 1.29 is 22.6 Å². The third-order valence-corrected chi connectivity index (χ3v) is 2.71. The fourth-order valence-electron chi connectivity index (χ4n) is 1.66. The maximum Gasteiger partial charge on any atom is 0.416 e. The second-order valence-electron chi connectivity index (χ2n) is 4.26. The number of anilines is 1. The van der Waals surface area contributed by atoms with Gasteiger partial charge in [0.05, 0.1) is 11.3 Å². The van der Waals surface area contributed by atoms with Gasteiger partial charge in [0, 0.05) is 0 Å². The average molecular weight is 297 g/mol. The highest BCUT2D eigenvalue weighted by molar-refractivity contribution is 5.51. The summed E-state index contributed by atoms with van der Waals surface area (Å²) in [5.41, 5.74) is 5.51. The molecular formula is C15H14F3NO2. The predicted molar refractivity (Wildman–Crippen MR) is 73.3 cm³/mol. The van der Waals surface area contributed by atoms with E-state index < -0.39 is 11.7 Å². The zero-order valence-electron chi connectivity index (χ0n) is 11.1. The molecule has 0 radical (unpaired) electrons. The summed E-state index contributed by atoms with van der Waals surface area (Å²) in [6, 6.07) is 11.5. The predicted octanol–water partition coefficient (Wildman–Crippen LogP) is 3.75. The van der Waals surface area contributed by atoms with Gasteiger partial charge in [-0.1, -0.05) is 12.1 Å². The number of nitrogen functional groups attached to an aromatic ring is 1. The Labute approximate surface area is 120 Å². The number of benzene rings is 2. The van der Waals surface area contributed by atoms with Crippen molar-refractivity contribution in [1.29, 1.82) is 0 Å². The molecule has 6 heteroatoms. The Morgan fingerprint density at radius 3 is 2.10 bits per heavy atom. The zero-order valence-corrected chi connectivity index (χ0v) is 11.1. The van der Waals surface area contributed by atoms with E-state index in [0.717, 1.165) is 12.1 Å². The average Bonchev–Trinajstić information content (AvgIpc) is 2.45. The van der Waals surface area contributed by atoms with Gasteiger partial charge < -0.3 is 15.2 Å². The lowest BCUT2D eigenvalue weighted by Gasteiger charge is -2.11. The Balaban J connectivity index is 1.80. The fraction of sp³-hybridized carbons (Fsp3) is 0.200. The van der Waals surface area contributed by atoms with Crippen molar-refractivity contribution in [1.82, 2.24) is 0 Å². The first-order valence-corrected chi connectivity index (χ1v) is 6.24. The van der Waals surface area contributed by atoms with Gasteiger partial charge in [0.2, 0.25) is 0 Å². The van der Waals surface area contributed by atoms with Crippen LogP contribution in [0, 0.1) is 0 Å². The minimum atomic E-state index is -4.34. The molecule has 0 atom stereocenters. The van der Waals surface area contributed by atoms with Crippen LogP contribution in [0.1, 0.15) is 5.56 Å². The molecule has 0 heterocycles. The molecule has 0 saturated carbocycles. The quantitative estimate of drug-likeness (QED) is 0.675. The maximum atomic E-state index is 12.4. The van der Waals surface area contributed by atoms with Crippen LogP contribution in [0.5, 0.6) is 11.5 Å². The Morgan fingerprint density at radius 1 is 0.857 bits per heavy atom. The van der Waals surface area contributed by atoms with Gasteiger partial charge in [-0.05, 0) is 36.4 Å². The number of rotatable bonds is 5. The minimum Gasteiger partial charge on any atom is -0.490 e. The van der Waals surface area contributed by atoms with Gasteiger partial charge in [0.1, 0.15) is 24.7 Å². The maximum absolute atomic E-state index is 12.4. The molecule has 0 aliphatic heterocycles. The lowest BCUT2D eigenvalue weighted by atomic mass is 10.2. The van der Waals surface area contributed by atoms with Gasteiger partial charge in [-0.2, -0.15) is 13.2 Å². The first kappa shape index (κ1) is 15.0. The number of halogens is 3. The van der Waals surface area contributed by atoms with E-state index in [1.54, 1.807) is 24.3 Å². The van der Waals surface area contributed by atoms with Crippen LogP contribution in [0.25, 0.3) is 0 Å². The lowest BCUT2D eigenvalue weighted by molar-refractivity contribution is -0.137. The van der Waals surface area contributed by atoms with Crippen LogP contribution in [-0.4, -0.2) is 13.2 Å². The summed E-state index contributed by atoms with van der Waals surface area (Å²) < 4.78 is 47.8. The van der Waals surface area contributed by atoms with Crippen LogP contribution in [0.3, 0.4) is 0 Å². The molecule has 0 bridgehead atoms. The molecule has 2 aromatic rings. The molecule has 0 saturated heterocycles. The number of para-hydroxylation sites is 2. The van der Waals surface area contributed by atoms with Crippen LogP contribution in [0.4, 0.5) is 18.9 Å². The Bertz CT molecular complexity index is 582. The molecule has 0 aliphatic carbocycles. The topological polar surface area (TPSA) is 44.5 Å². The molecule has 2 aromatic carbocycles. The van der Waals surface area contributed by atoms with Crippen molar-refractivity contribution in [3.63, 3.8) is 0 Å². The van der Waals surface area contributed by atoms with Gasteiger partial charge in [-0.3, -0.25) is 0 Å². The summed E-state index contributed by atoms with van der Waals surface area (Å²) in [6.07, 6.45) is -4.34. The molecule has 0 aliphatic rings. The zero-order chi connectivity index (χ0) is 15.3. The van der Waals surface area contributed by atoms with Crippen molar-refractivity contribution in [2.75, 3.05) is 18.9 Å². The van der Waals surface area contributed by atoms with E-state index in [2.05, 4.69) is 0 Å². The largest absolute Gasteiger partial charge is 0.490 e. The van der Waals surface area contributed by atoms with E-state index in [1.807, 2.05) is 0 Å². The van der Waals surface area contributed by atoms with Gasteiger partial charge >= 0.3 is 6.18 Å². The molecule has 0 fully saturated rings. The lowest BCUT2D eigenvalue weighted by Crippen LogP contribution is -2.10. The number of alkyl halides is 3. The van der Waals surface area contributed by atoms with Gasteiger partial charge in [-0.25, -0.2) is 0 Å². The summed E-state index contributed by atoms with van der Waals surface area (Å²) >= 11 is 0. The normalized spacial score (nSPS) is 11.2. The highest BCUT2D eigenvalue weighted by Crippen LogP contribution is 2.30. The standard InChI is InChI=1S/C15H14F3NO2/c16-15(17,18)11-5-7-12(8-6-11)20-9-10-21-14-4-2-1-3-13(14)19/h1-8H,9-10,19H2.